The molecule has 0 fully saturated rings. The van der Waals surface area contributed by atoms with Crippen LogP contribution >= 0.6 is 34.9 Å². The van der Waals surface area contributed by atoms with Gasteiger partial charge in [-0.15, -0.1) is 21.5 Å². The van der Waals surface area contributed by atoms with Crippen LogP contribution in [0.2, 0.25) is 0 Å². The zero-order valence-electron chi connectivity index (χ0n) is 22.1. The fourth-order valence-electron chi connectivity index (χ4n) is 3.87. The number of carbonyl (C=O) groups is 2. The predicted octanol–water partition coefficient (Wildman–Crippen LogP) is 5.73. The van der Waals surface area contributed by atoms with Crippen LogP contribution in [0.3, 0.4) is 0 Å². The van der Waals surface area contributed by atoms with Crippen molar-refractivity contribution in [3.05, 3.63) is 95.8 Å². The summed E-state index contributed by atoms with van der Waals surface area (Å²) in [6.07, 6.45) is 0. The lowest BCUT2D eigenvalue weighted by molar-refractivity contribution is -0.131. The molecule has 0 radical (unpaired) electrons. The highest BCUT2D eigenvalue weighted by Gasteiger charge is 2.18. The van der Waals surface area contributed by atoms with Crippen molar-refractivity contribution in [2.45, 2.75) is 28.7 Å². The third-order valence-electron chi connectivity index (χ3n) is 6.04. The summed E-state index contributed by atoms with van der Waals surface area (Å²) in [6.45, 7) is 2.55. The van der Waals surface area contributed by atoms with Crippen molar-refractivity contribution in [2.75, 3.05) is 24.7 Å². The molecule has 5 aromatic rings. The largest absolute Gasteiger partial charge is 0.336 e. The zero-order valence-corrected chi connectivity index (χ0v) is 24.6. The molecule has 0 atom stereocenters. The standard InChI is InChI=1S/C29H28N6O2S3/c1-20-12-14-22(15-13-20)30-26(36)17-34(2)27(37)19-38-28-33-32-25(35(28)16-21-8-4-3-5-9-21)18-39-29-31-23-10-6-7-11-24(23)40-29/h3-15H,16-19H2,1-2H3,(H,30,36). The Hall–Kier alpha value is -3.67. The van der Waals surface area contributed by atoms with E-state index in [4.69, 9.17) is 4.98 Å². The van der Waals surface area contributed by atoms with Gasteiger partial charge in [0.15, 0.2) is 9.50 Å². The van der Waals surface area contributed by atoms with E-state index in [1.165, 1.54) is 16.7 Å². The van der Waals surface area contributed by atoms with Crippen molar-refractivity contribution in [2.24, 2.45) is 0 Å². The number of nitrogens with one attached hydrogen (secondary N) is 1. The smallest absolute Gasteiger partial charge is 0.243 e. The average Bonchev–Trinajstić information content (AvgIpc) is 3.55. The Morgan fingerprint density at radius 2 is 1.70 bits per heavy atom. The SMILES string of the molecule is Cc1ccc(NC(=O)CN(C)C(=O)CSc2nnc(CSc3nc4ccccc4s3)n2Cc2ccccc2)cc1. The van der Waals surface area contributed by atoms with E-state index in [-0.39, 0.29) is 24.1 Å². The highest BCUT2D eigenvalue weighted by molar-refractivity contribution is 8.00. The van der Waals surface area contributed by atoms with Crippen LogP contribution in [-0.4, -0.2) is 55.8 Å². The van der Waals surface area contributed by atoms with Gasteiger partial charge in [0.2, 0.25) is 11.8 Å². The Morgan fingerprint density at radius 1 is 0.950 bits per heavy atom. The molecule has 40 heavy (non-hydrogen) atoms. The van der Waals surface area contributed by atoms with Crippen LogP contribution in [0.1, 0.15) is 17.0 Å². The minimum atomic E-state index is -0.244. The lowest BCUT2D eigenvalue weighted by atomic mass is 10.2. The molecule has 0 spiro atoms. The van der Waals surface area contributed by atoms with Gasteiger partial charge in [-0.05, 0) is 36.8 Å². The minimum Gasteiger partial charge on any atom is -0.336 e. The van der Waals surface area contributed by atoms with Gasteiger partial charge in [0.1, 0.15) is 5.82 Å². The molecule has 8 nitrogen and oxygen atoms in total. The molecule has 11 heteroatoms. The normalized spacial score (nSPS) is 11.1. The molecule has 0 aliphatic heterocycles. The first-order valence-electron chi connectivity index (χ1n) is 12.6. The van der Waals surface area contributed by atoms with E-state index in [9.17, 15) is 9.59 Å². The van der Waals surface area contributed by atoms with E-state index in [2.05, 4.69) is 38.3 Å². The van der Waals surface area contributed by atoms with E-state index in [0.717, 1.165) is 31.5 Å². The zero-order chi connectivity index (χ0) is 27.9. The second-order valence-electron chi connectivity index (χ2n) is 9.16. The first kappa shape index (κ1) is 27.9. The van der Waals surface area contributed by atoms with Gasteiger partial charge in [0.05, 0.1) is 34.8 Å². The number of thiazole rings is 1. The maximum absolute atomic E-state index is 12.9. The van der Waals surface area contributed by atoms with Gasteiger partial charge in [-0.2, -0.15) is 0 Å². The predicted molar refractivity (Wildman–Crippen MR) is 163 cm³/mol. The molecule has 0 saturated heterocycles. The van der Waals surface area contributed by atoms with Crippen LogP contribution in [-0.2, 0) is 21.9 Å². The molecule has 0 aliphatic carbocycles. The summed E-state index contributed by atoms with van der Waals surface area (Å²) in [7, 11) is 1.63. The maximum atomic E-state index is 12.9. The summed E-state index contributed by atoms with van der Waals surface area (Å²) < 4.78 is 4.19. The Morgan fingerprint density at radius 3 is 2.48 bits per heavy atom. The van der Waals surface area contributed by atoms with Crippen molar-refractivity contribution in [3.8, 4) is 0 Å². The number of fused-ring (bicyclic) bond motifs is 1. The average molecular weight is 589 g/mol. The number of thioether (sulfide) groups is 2. The van der Waals surface area contributed by atoms with E-state index in [0.29, 0.717) is 23.1 Å². The van der Waals surface area contributed by atoms with Crippen LogP contribution in [0.5, 0.6) is 0 Å². The van der Waals surface area contributed by atoms with Gasteiger partial charge < -0.3 is 14.8 Å². The Labute approximate surface area is 245 Å². The summed E-state index contributed by atoms with van der Waals surface area (Å²) in [5, 5.41) is 12.4. The maximum Gasteiger partial charge on any atom is 0.243 e. The Balaban J connectivity index is 1.22. The molecule has 1 N–H and O–H groups in total. The van der Waals surface area contributed by atoms with Crippen molar-refractivity contribution in [1.82, 2.24) is 24.6 Å². The van der Waals surface area contributed by atoms with Crippen molar-refractivity contribution < 1.29 is 9.59 Å². The number of amides is 2. The van der Waals surface area contributed by atoms with E-state index >= 15 is 0 Å². The number of aromatic nitrogens is 4. The first-order chi connectivity index (χ1) is 19.4. The quantitative estimate of drug-likeness (QED) is 0.197. The first-order valence-corrected chi connectivity index (χ1v) is 15.4. The molecular weight excluding hydrogens is 561 g/mol. The molecule has 5 rings (SSSR count). The van der Waals surface area contributed by atoms with E-state index in [1.54, 1.807) is 30.1 Å². The number of aryl methyl sites for hydroxylation is 1. The number of rotatable bonds is 11. The topological polar surface area (TPSA) is 93.0 Å². The number of benzene rings is 3. The number of hydrogen-bond donors (Lipinski definition) is 1. The second-order valence-corrected chi connectivity index (χ2v) is 12.4. The molecule has 0 bridgehead atoms. The van der Waals surface area contributed by atoms with Gasteiger partial charge in [0, 0.05) is 12.7 Å². The Kier molecular flexibility index (Phi) is 9.15. The van der Waals surface area contributed by atoms with Crippen LogP contribution in [0.4, 0.5) is 5.69 Å². The van der Waals surface area contributed by atoms with E-state index < -0.39 is 0 Å². The van der Waals surface area contributed by atoms with Crippen LogP contribution in [0, 0.1) is 6.92 Å². The fraction of sp³-hybridized carbons (Fsp3) is 0.207. The monoisotopic (exact) mass is 588 g/mol. The molecule has 2 aromatic heterocycles. The number of likely N-dealkylation sites (N-methyl/N-ethyl adjacent to an activating group) is 1. The van der Waals surface area contributed by atoms with Crippen LogP contribution < -0.4 is 5.32 Å². The highest BCUT2D eigenvalue weighted by Crippen LogP contribution is 2.32. The lowest BCUT2D eigenvalue weighted by Gasteiger charge is -2.17. The summed E-state index contributed by atoms with van der Waals surface area (Å²) in [5.41, 5.74) is 3.93. The number of carbonyl (C=O) groups excluding carboxylic acids is 2. The lowest BCUT2D eigenvalue weighted by Crippen LogP contribution is -2.36. The molecule has 3 aromatic carbocycles. The third kappa shape index (κ3) is 7.29. The van der Waals surface area contributed by atoms with Gasteiger partial charge in [-0.3, -0.25) is 9.59 Å². The summed E-state index contributed by atoms with van der Waals surface area (Å²) >= 11 is 4.62. The van der Waals surface area contributed by atoms with Gasteiger partial charge >= 0.3 is 0 Å². The van der Waals surface area contributed by atoms with Gasteiger partial charge in [0.25, 0.3) is 0 Å². The van der Waals surface area contributed by atoms with Crippen LogP contribution in [0.15, 0.2) is 88.4 Å². The number of nitrogens with zero attached hydrogens (tertiary/aromatic N) is 5. The van der Waals surface area contributed by atoms with Crippen molar-refractivity contribution >= 4 is 62.6 Å². The molecule has 0 saturated carbocycles. The summed E-state index contributed by atoms with van der Waals surface area (Å²) in [5.74, 6) is 1.16. The van der Waals surface area contributed by atoms with Gasteiger partial charge in [-0.25, -0.2) is 4.98 Å². The van der Waals surface area contributed by atoms with E-state index in [1.807, 2.05) is 67.6 Å². The van der Waals surface area contributed by atoms with Crippen molar-refractivity contribution in [1.29, 1.82) is 0 Å². The molecular formula is C29H28N6O2S3. The Bertz CT molecular complexity index is 1570. The molecule has 0 unspecified atom stereocenters. The molecule has 2 heterocycles. The fourth-order valence-corrected chi connectivity index (χ4v) is 6.78. The highest BCUT2D eigenvalue weighted by atomic mass is 32.2. The number of anilines is 1. The van der Waals surface area contributed by atoms with Crippen LogP contribution in [0.25, 0.3) is 10.2 Å². The number of para-hydroxylation sites is 1. The van der Waals surface area contributed by atoms with Crippen molar-refractivity contribution in [3.63, 3.8) is 0 Å². The third-order valence-corrected chi connectivity index (χ3v) is 9.17. The minimum absolute atomic E-state index is 0.0337. The second kappa shape index (κ2) is 13.1. The molecule has 2 amide bonds. The van der Waals surface area contributed by atoms with Gasteiger partial charge in [-0.1, -0.05) is 83.7 Å². The molecule has 204 valence electrons. The number of hydrogen-bond acceptors (Lipinski definition) is 8. The summed E-state index contributed by atoms with van der Waals surface area (Å²) in [6, 6.07) is 25.8. The molecule has 0 aliphatic rings. The summed E-state index contributed by atoms with van der Waals surface area (Å²) in [4.78, 5) is 31.5.